The van der Waals surface area contributed by atoms with Crippen molar-refractivity contribution in [1.29, 1.82) is 0 Å². The van der Waals surface area contributed by atoms with E-state index in [9.17, 15) is 8.42 Å². The van der Waals surface area contributed by atoms with Crippen molar-refractivity contribution >= 4 is 26.0 Å². The number of hydrogen-bond acceptors (Lipinski definition) is 3. The second-order valence-electron chi connectivity index (χ2n) is 4.58. The maximum Gasteiger partial charge on any atom is 0.245 e. The minimum absolute atomic E-state index is 0.0730. The predicted molar refractivity (Wildman–Crippen MR) is 89.4 cm³/mol. The Hall–Kier alpha value is -0.870. The van der Waals surface area contributed by atoms with Gasteiger partial charge in [0, 0.05) is 17.6 Å². The molecule has 6 heteroatoms. The van der Waals surface area contributed by atoms with E-state index in [1.807, 2.05) is 6.07 Å². The summed E-state index contributed by atoms with van der Waals surface area (Å²) in [5.41, 5.74) is 0.932. The van der Waals surface area contributed by atoms with Gasteiger partial charge in [0.1, 0.15) is 0 Å². The average molecular weight is 373 g/mol. The fourth-order valence-corrected chi connectivity index (χ4v) is 4.21. The maximum absolute atomic E-state index is 12.6. The summed E-state index contributed by atoms with van der Waals surface area (Å²) >= 11 is 3.32. The zero-order chi connectivity index (χ0) is 15.9. The number of nitrogens with zero attached hydrogens (tertiary/aromatic N) is 1. The minimum Gasteiger partial charge on any atom is -0.313 e. The first-order valence-electron chi connectivity index (χ1n) is 6.90. The van der Waals surface area contributed by atoms with Crippen LogP contribution in [0.1, 0.15) is 25.8 Å². The van der Waals surface area contributed by atoms with Gasteiger partial charge in [0.05, 0.1) is 11.4 Å². The van der Waals surface area contributed by atoms with Crippen LogP contribution in [0.5, 0.6) is 0 Å². The molecule has 0 atom stereocenters. The molecule has 0 radical (unpaired) electrons. The van der Waals surface area contributed by atoms with E-state index in [2.05, 4.69) is 34.1 Å². The lowest BCUT2D eigenvalue weighted by Gasteiger charge is -2.19. The summed E-state index contributed by atoms with van der Waals surface area (Å²) in [5, 5.41) is 3.26. The van der Waals surface area contributed by atoms with Crippen molar-refractivity contribution in [2.75, 3.05) is 19.6 Å². The highest BCUT2D eigenvalue weighted by Crippen LogP contribution is 2.26. The van der Waals surface area contributed by atoms with Gasteiger partial charge in [-0.3, -0.25) is 0 Å². The molecule has 1 aromatic carbocycles. The number of sulfonamides is 1. The molecule has 21 heavy (non-hydrogen) atoms. The molecule has 0 unspecified atom stereocenters. The van der Waals surface area contributed by atoms with Gasteiger partial charge in [-0.25, -0.2) is 8.42 Å². The zero-order valence-corrected chi connectivity index (χ0v) is 14.8. The molecule has 1 aromatic rings. The standard InChI is InChI=1S/C15H21BrN2O2S/c1-4-9-17-12-13-7-8-14(16)15(11-13)21(19,20)18(6-3)10-5-2/h2,7-8,11,17H,4,6,9-10,12H2,1,3H3. The first-order valence-corrected chi connectivity index (χ1v) is 9.13. The van der Waals surface area contributed by atoms with Crippen molar-refractivity contribution < 1.29 is 8.42 Å². The van der Waals surface area contributed by atoms with Crippen LogP contribution in [0.15, 0.2) is 27.6 Å². The fourth-order valence-electron chi connectivity index (χ4n) is 1.87. The van der Waals surface area contributed by atoms with E-state index in [0.717, 1.165) is 18.5 Å². The summed E-state index contributed by atoms with van der Waals surface area (Å²) in [7, 11) is -3.58. The van der Waals surface area contributed by atoms with Gasteiger partial charge >= 0.3 is 0 Å². The molecule has 0 aliphatic rings. The average Bonchev–Trinajstić information content (AvgIpc) is 2.46. The highest BCUT2D eigenvalue weighted by atomic mass is 79.9. The van der Waals surface area contributed by atoms with E-state index in [0.29, 0.717) is 17.6 Å². The third kappa shape index (κ3) is 4.82. The molecule has 1 N–H and O–H groups in total. The largest absolute Gasteiger partial charge is 0.313 e. The summed E-state index contributed by atoms with van der Waals surface area (Å²) in [6, 6.07) is 5.37. The Morgan fingerprint density at radius 3 is 2.67 bits per heavy atom. The van der Waals surface area contributed by atoms with E-state index in [4.69, 9.17) is 6.42 Å². The molecule has 0 aromatic heterocycles. The number of rotatable bonds is 8. The molecule has 0 saturated carbocycles. The van der Waals surface area contributed by atoms with Crippen LogP contribution in [0.4, 0.5) is 0 Å². The third-order valence-electron chi connectivity index (χ3n) is 2.99. The van der Waals surface area contributed by atoms with Crippen molar-refractivity contribution in [3.8, 4) is 12.3 Å². The molecule has 0 aliphatic heterocycles. The topological polar surface area (TPSA) is 49.4 Å². The van der Waals surface area contributed by atoms with Crippen LogP contribution in [0.25, 0.3) is 0 Å². The summed E-state index contributed by atoms with van der Waals surface area (Å²) in [6.45, 7) is 5.82. The van der Waals surface area contributed by atoms with Crippen LogP contribution < -0.4 is 5.32 Å². The van der Waals surface area contributed by atoms with Crippen molar-refractivity contribution in [3.05, 3.63) is 28.2 Å². The van der Waals surface area contributed by atoms with E-state index >= 15 is 0 Å². The summed E-state index contributed by atoms with van der Waals surface area (Å²) in [4.78, 5) is 0.260. The first-order chi connectivity index (χ1) is 9.97. The van der Waals surface area contributed by atoms with Crippen LogP contribution in [0.2, 0.25) is 0 Å². The molecule has 0 spiro atoms. The van der Waals surface area contributed by atoms with Gasteiger partial charge in [-0.15, -0.1) is 6.42 Å². The second-order valence-corrected chi connectivity index (χ2v) is 7.34. The lowest BCUT2D eigenvalue weighted by Crippen LogP contribution is -2.31. The molecule has 0 amide bonds. The van der Waals surface area contributed by atoms with Gasteiger partial charge in [0.15, 0.2) is 0 Å². The number of benzene rings is 1. The van der Waals surface area contributed by atoms with Crippen LogP contribution in [0.3, 0.4) is 0 Å². The van der Waals surface area contributed by atoms with Crippen molar-refractivity contribution in [2.24, 2.45) is 0 Å². The van der Waals surface area contributed by atoms with Gasteiger partial charge < -0.3 is 5.32 Å². The summed E-state index contributed by atoms with van der Waals surface area (Å²) < 4.78 is 27.1. The molecule has 0 bridgehead atoms. The Balaban J connectivity index is 3.10. The smallest absolute Gasteiger partial charge is 0.245 e. The Bertz CT molecular complexity index is 609. The molecular weight excluding hydrogens is 352 g/mol. The third-order valence-corrected chi connectivity index (χ3v) is 5.90. The molecule has 0 fully saturated rings. The zero-order valence-electron chi connectivity index (χ0n) is 12.4. The summed E-state index contributed by atoms with van der Waals surface area (Å²) in [6.07, 6.45) is 6.29. The van der Waals surface area contributed by atoms with Crippen molar-refractivity contribution in [1.82, 2.24) is 9.62 Å². The number of hydrogen-bond donors (Lipinski definition) is 1. The molecular formula is C15H21BrN2O2S. The van der Waals surface area contributed by atoms with Crippen molar-refractivity contribution in [3.63, 3.8) is 0 Å². The van der Waals surface area contributed by atoms with E-state index in [-0.39, 0.29) is 11.4 Å². The van der Waals surface area contributed by atoms with Crippen molar-refractivity contribution in [2.45, 2.75) is 31.7 Å². The Kier molecular flexibility index (Phi) is 7.40. The first kappa shape index (κ1) is 18.2. The van der Waals surface area contributed by atoms with Gasteiger partial charge in [-0.05, 0) is 46.6 Å². The van der Waals surface area contributed by atoms with E-state index in [1.165, 1.54) is 4.31 Å². The fraction of sp³-hybridized carbons (Fsp3) is 0.467. The number of halogens is 1. The molecule has 0 heterocycles. The highest BCUT2D eigenvalue weighted by Gasteiger charge is 2.25. The van der Waals surface area contributed by atoms with Gasteiger partial charge in [-0.1, -0.05) is 25.8 Å². The lowest BCUT2D eigenvalue weighted by molar-refractivity contribution is 0.463. The Labute approximate surface area is 136 Å². The van der Waals surface area contributed by atoms with Gasteiger partial charge in [0.25, 0.3) is 0 Å². The normalized spacial score (nSPS) is 11.6. The van der Waals surface area contributed by atoms with Crippen LogP contribution in [-0.4, -0.2) is 32.4 Å². The van der Waals surface area contributed by atoms with Gasteiger partial charge in [-0.2, -0.15) is 4.31 Å². The van der Waals surface area contributed by atoms with Crippen LogP contribution >= 0.6 is 15.9 Å². The molecule has 0 aliphatic carbocycles. The van der Waals surface area contributed by atoms with E-state index in [1.54, 1.807) is 19.1 Å². The second kappa shape index (κ2) is 8.54. The highest BCUT2D eigenvalue weighted by molar-refractivity contribution is 9.10. The predicted octanol–water partition coefficient (Wildman–Crippen LogP) is 2.59. The molecule has 0 saturated heterocycles. The SMILES string of the molecule is C#CCN(CC)S(=O)(=O)c1cc(CNCCC)ccc1Br. The summed E-state index contributed by atoms with van der Waals surface area (Å²) in [5.74, 6) is 2.39. The lowest BCUT2D eigenvalue weighted by atomic mass is 10.2. The minimum atomic E-state index is -3.58. The molecule has 4 nitrogen and oxygen atoms in total. The molecule has 1 rings (SSSR count). The van der Waals surface area contributed by atoms with Gasteiger partial charge in [0.2, 0.25) is 10.0 Å². The van der Waals surface area contributed by atoms with E-state index < -0.39 is 10.0 Å². The Morgan fingerprint density at radius 2 is 2.10 bits per heavy atom. The quantitative estimate of drug-likeness (QED) is 0.563. The molecule has 116 valence electrons. The van der Waals surface area contributed by atoms with Crippen LogP contribution in [-0.2, 0) is 16.6 Å². The maximum atomic E-state index is 12.6. The monoisotopic (exact) mass is 372 g/mol. The number of terminal acetylenes is 1. The van der Waals surface area contributed by atoms with Crippen LogP contribution in [0, 0.1) is 12.3 Å². The number of nitrogens with one attached hydrogen (secondary N) is 1. The Morgan fingerprint density at radius 1 is 1.38 bits per heavy atom.